The average Bonchev–Trinajstić information content (AvgIpc) is 2.06. The highest BCUT2D eigenvalue weighted by Gasteiger charge is 1.92. The van der Waals surface area contributed by atoms with Gasteiger partial charge in [-0.1, -0.05) is 0 Å². The van der Waals surface area contributed by atoms with Gasteiger partial charge in [0, 0.05) is 13.1 Å². The maximum atomic E-state index is 10.7. The topological polar surface area (TPSA) is 81.6 Å². The van der Waals surface area contributed by atoms with E-state index < -0.39 is 0 Å². The molecule has 5 heteroatoms. The van der Waals surface area contributed by atoms with Crippen LogP contribution in [0.15, 0.2) is 24.7 Å². The van der Waals surface area contributed by atoms with Crippen LogP contribution < -0.4 is 10.6 Å². The van der Waals surface area contributed by atoms with Gasteiger partial charge in [-0.25, -0.2) is 4.79 Å². The van der Waals surface area contributed by atoms with Gasteiger partial charge in [-0.2, -0.15) is 0 Å². The molecule has 0 saturated carbocycles. The number of hydrogen-bond acceptors (Lipinski definition) is 3. The van der Waals surface area contributed by atoms with E-state index in [0.717, 1.165) is 12.5 Å². The van der Waals surface area contributed by atoms with Crippen LogP contribution in [-0.4, -0.2) is 29.3 Å². The highest BCUT2D eigenvalue weighted by atomic mass is 16.2. The van der Waals surface area contributed by atoms with Gasteiger partial charge in [0.25, 0.3) is 0 Å². The first-order valence-electron chi connectivity index (χ1n) is 3.41. The van der Waals surface area contributed by atoms with Crippen molar-refractivity contribution in [3.63, 3.8) is 0 Å². The summed E-state index contributed by atoms with van der Waals surface area (Å²) in [4.78, 5) is 10.7. The molecule has 0 aliphatic rings. The number of rotatable bonds is 4. The Kier molecular flexibility index (Phi) is 6.43. The van der Waals surface area contributed by atoms with Gasteiger partial charge in [-0.05, 0) is 12.2 Å². The molecule has 0 heterocycles. The molecule has 0 rings (SSSR count). The Morgan fingerprint density at radius 3 is 1.83 bits per heavy atom. The van der Waals surface area contributed by atoms with Crippen molar-refractivity contribution < 1.29 is 15.0 Å². The molecular formula is C7H12N2O3. The van der Waals surface area contributed by atoms with Crippen LogP contribution >= 0.6 is 0 Å². The van der Waals surface area contributed by atoms with E-state index in [1.54, 1.807) is 0 Å². The Balaban J connectivity index is 3.33. The zero-order chi connectivity index (χ0) is 9.23. The Morgan fingerprint density at radius 2 is 1.50 bits per heavy atom. The SMILES string of the molecule is O=C(NCC=CO)NCC=CO. The molecule has 0 radical (unpaired) electrons. The van der Waals surface area contributed by atoms with Crippen LogP contribution in [0, 0.1) is 0 Å². The summed E-state index contributed by atoms with van der Waals surface area (Å²) in [6.07, 6.45) is 4.49. The van der Waals surface area contributed by atoms with E-state index >= 15 is 0 Å². The van der Waals surface area contributed by atoms with Gasteiger partial charge >= 0.3 is 6.03 Å². The van der Waals surface area contributed by atoms with Crippen LogP contribution in [0.1, 0.15) is 0 Å². The molecular weight excluding hydrogens is 160 g/mol. The molecule has 0 spiro atoms. The van der Waals surface area contributed by atoms with Crippen LogP contribution in [0.4, 0.5) is 4.79 Å². The summed E-state index contributed by atoms with van der Waals surface area (Å²) in [7, 11) is 0. The molecule has 68 valence electrons. The quantitative estimate of drug-likeness (QED) is 0.464. The Hall–Kier alpha value is -1.65. The summed E-state index contributed by atoms with van der Waals surface area (Å²) in [6, 6.07) is -0.355. The molecule has 0 unspecified atom stereocenters. The van der Waals surface area contributed by atoms with Crippen LogP contribution in [0.25, 0.3) is 0 Å². The maximum absolute atomic E-state index is 10.7. The van der Waals surface area contributed by atoms with Gasteiger partial charge in [0.2, 0.25) is 0 Å². The first-order chi connectivity index (χ1) is 5.81. The third kappa shape index (κ3) is 6.47. The minimum atomic E-state index is -0.355. The first-order valence-corrected chi connectivity index (χ1v) is 3.41. The van der Waals surface area contributed by atoms with E-state index in [4.69, 9.17) is 10.2 Å². The lowest BCUT2D eigenvalue weighted by Crippen LogP contribution is -2.35. The van der Waals surface area contributed by atoms with Crippen molar-refractivity contribution in [2.75, 3.05) is 13.1 Å². The van der Waals surface area contributed by atoms with Crippen LogP contribution in [-0.2, 0) is 0 Å². The number of amides is 2. The van der Waals surface area contributed by atoms with Gasteiger partial charge < -0.3 is 20.8 Å². The smallest absolute Gasteiger partial charge is 0.315 e. The fraction of sp³-hybridized carbons (Fsp3) is 0.286. The highest BCUT2D eigenvalue weighted by Crippen LogP contribution is 1.69. The van der Waals surface area contributed by atoms with Crippen molar-refractivity contribution >= 4 is 6.03 Å². The van der Waals surface area contributed by atoms with E-state index in [1.807, 2.05) is 0 Å². The van der Waals surface area contributed by atoms with E-state index in [-0.39, 0.29) is 19.1 Å². The minimum Gasteiger partial charge on any atom is -0.516 e. The van der Waals surface area contributed by atoms with E-state index in [1.165, 1.54) is 12.2 Å². The fourth-order valence-electron chi connectivity index (χ4n) is 0.471. The van der Waals surface area contributed by atoms with E-state index in [9.17, 15) is 4.79 Å². The number of hydrogen-bond donors (Lipinski definition) is 4. The Labute approximate surface area is 70.4 Å². The third-order valence-electron chi connectivity index (χ3n) is 0.972. The lowest BCUT2D eigenvalue weighted by molar-refractivity contribution is 0.243. The second-order valence-electron chi connectivity index (χ2n) is 1.86. The van der Waals surface area contributed by atoms with Gasteiger partial charge in [-0.15, -0.1) is 0 Å². The lowest BCUT2D eigenvalue weighted by Gasteiger charge is -2.01. The summed E-state index contributed by atoms with van der Waals surface area (Å²) in [5, 5.41) is 21.3. The van der Waals surface area contributed by atoms with Crippen molar-refractivity contribution in [1.82, 2.24) is 10.6 Å². The van der Waals surface area contributed by atoms with Crippen LogP contribution in [0.5, 0.6) is 0 Å². The lowest BCUT2D eigenvalue weighted by atomic mass is 10.6. The molecule has 12 heavy (non-hydrogen) atoms. The summed E-state index contributed by atoms with van der Waals surface area (Å²) in [5.41, 5.74) is 0. The molecule has 0 aromatic heterocycles. The third-order valence-corrected chi connectivity index (χ3v) is 0.972. The number of carbonyl (C=O) groups is 1. The molecule has 0 aliphatic carbocycles. The van der Waals surface area contributed by atoms with Crippen molar-refractivity contribution in [3.8, 4) is 0 Å². The molecule has 0 aliphatic heterocycles. The van der Waals surface area contributed by atoms with Gasteiger partial charge in [0.15, 0.2) is 0 Å². The predicted molar refractivity (Wildman–Crippen MR) is 44.9 cm³/mol. The van der Waals surface area contributed by atoms with Gasteiger partial charge in [0.1, 0.15) is 0 Å². The summed E-state index contributed by atoms with van der Waals surface area (Å²) in [6.45, 7) is 0.538. The Morgan fingerprint density at radius 1 is 1.08 bits per heavy atom. The van der Waals surface area contributed by atoms with Gasteiger partial charge in [0.05, 0.1) is 12.5 Å². The van der Waals surface area contributed by atoms with Crippen molar-refractivity contribution in [2.24, 2.45) is 0 Å². The number of aliphatic hydroxyl groups is 2. The largest absolute Gasteiger partial charge is 0.516 e. The number of urea groups is 1. The normalized spacial score (nSPS) is 10.7. The number of aliphatic hydroxyl groups excluding tert-OH is 2. The molecule has 0 aromatic rings. The zero-order valence-corrected chi connectivity index (χ0v) is 6.53. The molecule has 4 N–H and O–H groups in total. The summed E-state index contributed by atoms with van der Waals surface area (Å²) >= 11 is 0. The average molecular weight is 172 g/mol. The van der Waals surface area contributed by atoms with Crippen molar-refractivity contribution in [3.05, 3.63) is 24.7 Å². The second kappa shape index (κ2) is 7.46. The molecule has 5 nitrogen and oxygen atoms in total. The number of nitrogens with one attached hydrogen (secondary N) is 2. The van der Waals surface area contributed by atoms with Crippen LogP contribution in [0.2, 0.25) is 0 Å². The molecule has 0 atom stereocenters. The predicted octanol–water partition coefficient (Wildman–Crippen LogP) is 0.429. The molecule has 0 bridgehead atoms. The van der Waals surface area contributed by atoms with Crippen molar-refractivity contribution in [1.29, 1.82) is 0 Å². The van der Waals surface area contributed by atoms with E-state index in [0.29, 0.717) is 0 Å². The standard InChI is InChI=1S/C7H12N2O3/c10-5-1-3-8-7(12)9-4-2-6-11/h1-2,5-6,10-11H,3-4H2,(H2,8,9,12). The molecule has 0 fully saturated rings. The molecule has 0 aromatic carbocycles. The fourth-order valence-corrected chi connectivity index (χ4v) is 0.471. The van der Waals surface area contributed by atoms with Gasteiger partial charge in [-0.3, -0.25) is 0 Å². The Bertz CT molecular complexity index is 159. The van der Waals surface area contributed by atoms with E-state index in [2.05, 4.69) is 10.6 Å². The molecule has 0 saturated heterocycles. The monoisotopic (exact) mass is 172 g/mol. The van der Waals surface area contributed by atoms with Crippen molar-refractivity contribution in [2.45, 2.75) is 0 Å². The summed E-state index contributed by atoms with van der Waals surface area (Å²) < 4.78 is 0. The first kappa shape index (κ1) is 10.3. The maximum Gasteiger partial charge on any atom is 0.315 e. The summed E-state index contributed by atoms with van der Waals surface area (Å²) in [5.74, 6) is 0. The minimum absolute atomic E-state index is 0.269. The highest BCUT2D eigenvalue weighted by molar-refractivity contribution is 5.74. The zero-order valence-electron chi connectivity index (χ0n) is 6.53. The number of carbonyl (C=O) groups excluding carboxylic acids is 1. The molecule has 2 amide bonds. The van der Waals surface area contributed by atoms with Crippen LogP contribution in [0.3, 0.4) is 0 Å². The second-order valence-corrected chi connectivity index (χ2v) is 1.86.